The molecule has 0 atom stereocenters. The average molecular weight is 350 g/mol. The normalized spacial score (nSPS) is 16.8. The van der Waals surface area contributed by atoms with Crippen LogP contribution in [0.5, 0.6) is 0 Å². The van der Waals surface area contributed by atoms with Gasteiger partial charge in [-0.2, -0.15) is 0 Å². The second-order valence-corrected chi connectivity index (χ2v) is 7.10. The Labute approximate surface area is 152 Å². The molecule has 0 unspecified atom stereocenters. The van der Waals surface area contributed by atoms with Crippen LogP contribution in [0, 0.1) is 0 Å². The third-order valence-corrected chi connectivity index (χ3v) is 5.58. The maximum atomic E-state index is 12.5. The highest BCUT2D eigenvalue weighted by Crippen LogP contribution is 2.36. The molecule has 0 aromatic heterocycles. The van der Waals surface area contributed by atoms with Crippen molar-refractivity contribution in [2.45, 2.75) is 44.6 Å². The zero-order valence-electron chi connectivity index (χ0n) is 14.9. The van der Waals surface area contributed by atoms with Crippen LogP contribution in [0.1, 0.15) is 60.5 Å². The Kier molecular flexibility index (Phi) is 4.27. The molecule has 0 heterocycles. The molecule has 0 radical (unpaired) electrons. The predicted molar refractivity (Wildman–Crippen MR) is 101 cm³/mol. The molecule has 2 aromatic rings. The SMILES string of the molecule is CCC1(OC(=O)COC(=O)c2ccc3c4c(cccc24)C=C3)CCCC1. The second kappa shape index (κ2) is 6.60. The van der Waals surface area contributed by atoms with Crippen LogP contribution in [0.15, 0.2) is 30.3 Å². The van der Waals surface area contributed by atoms with Crippen molar-refractivity contribution in [1.29, 1.82) is 0 Å². The van der Waals surface area contributed by atoms with Crippen molar-refractivity contribution >= 4 is 34.9 Å². The van der Waals surface area contributed by atoms with E-state index in [9.17, 15) is 9.59 Å². The van der Waals surface area contributed by atoms with Gasteiger partial charge in [0.15, 0.2) is 6.61 Å². The lowest BCUT2D eigenvalue weighted by Crippen LogP contribution is -2.33. The van der Waals surface area contributed by atoms with Gasteiger partial charge in [-0.05, 0) is 60.1 Å². The van der Waals surface area contributed by atoms with E-state index in [-0.39, 0.29) is 12.2 Å². The largest absolute Gasteiger partial charge is 0.457 e. The summed E-state index contributed by atoms with van der Waals surface area (Å²) < 4.78 is 10.9. The number of carbonyl (C=O) groups is 2. The first-order chi connectivity index (χ1) is 12.6. The lowest BCUT2D eigenvalue weighted by molar-refractivity contribution is -0.163. The highest BCUT2D eigenvalue weighted by molar-refractivity contribution is 6.12. The van der Waals surface area contributed by atoms with Crippen LogP contribution in [-0.4, -0.2) is 24.1 Å². The minimum absolute atomic E-state index is 0.345. The van der Waals surface area contributed by atoms with Crippen LogP contribution in [0.3, 0.4) is 0 Å². The summed E-state index contributed by atoms with van der Waals surface area (Å²) in [6.07, 6.45) is 8.82. The molecular weight excluding hydrogens is 328 g/mol. The summed E-state index contributed by atoms with van der Waals surface area (Å²) in [5.74, 6) is -0.954. The molecular formula is C22H22O4. The topological polar surface area (TPSA) is 52.6 Å². The van der Waals surface area contributed by atoms with Crippen molar-refractivity contribution in [3.63, 3.8) is 0 Å². The van der Waals surface area contributed by atoms with Crippen LogP contribution in [-0.2, 0) is 14.3 Å². The quantitative estimate of drug-likeness (QED) is 0.623. The first-order valence-electron chi connectivity index (χ1n) is 9.25. The van der Waals surface area contributed by atoms with E-state index in [2.05, 4.69) is 0 Å². The van der Waals surface area contributed by atoms with Gasteiger partial charge in [0.1, 0.15) is 5.60 Å². The molecule has 2 aromatic carbocycles. The molecule has 4 rings (SSSR count). The number of hydrogen-bond acceptors (Lipinski definition) is 4. The van der Waals surface area contributed by atoms with Crippen LogP contribution >= 0.6 is 0 Å². The van der Waals surface area contributed by atoms with Gasteiger partial charge in [-0.3, -0.25) is 0 Å². The van der Waals surface area contributed by atoms with Crippen molar-refractivity contribution in [2.75, 3.05) is 6.61 Å². The molecule has 2 aliphatic rings. The van der Waals surface area contributed by atoms with E-state index in [1.54, 1.807) is 6.07 Å². The maximum Gasteiger partial charge on any atom is 0.344 e. The average Bonchev–Trinajstić information content (AvgIpc) is 3.29. The Bertz CT molecular complexity index is 891. The van der Waals surface area contributed by atoms with Crippen LogP contribution in [0.4, 0.5) is 0 Å². The highest BCUT2D eigenvalue weighted by Gasteiger charge is 2.36. The van der Waals surface area contributed by atoms with E-state index < -0.39 is 11.9 Å². The molecule has 4 heteroatoms. The number of rotatable bonds is 5. The van der Waals surface area contributed by atoms with Crippen molar-refractivity contribution in [1.82, 2.24) is 0 Å². The van der Waals surface area contributed by atoms with Crippen molar-refractivity contribution in [2.24, 2.45) is 0 Å². The Balaban J connectivity index is 1.46. The fourth-order valence-corrected chi connectivity index (χ4v) is 4.12. The summed E-state index contributed by atoms with van der Waals surface area (Å²) in [6, 6.07) is 9.53. The second-order valence-electron chi connectivity index (χ2n) is 7.10. The molecule has 1 saturated carbocycles. The number of benzene rings is 2. The first-order valence-corrected chi connectivity index (χ1v) is 9.25. The third-order valence-electron chi connectivity index (χ3n) is 5.58. The predicted octanol–water partition coefficient (Wildman–Crippen LogP) is 4.75. The highest BCUT2D eigenvalue weighted by atomic mass is 16.6. The fourth-order valence-electron chi connectivity index (χ4n) is 4.12. The van der Waals surface area contributed by atoms with Gasteiger partial charge >= 0.3 is 11.9 Å². The van der Waals surface area contributed by atoms with Crippen molar-refractivity contribution < 1.29 is 19.1 Å². The van der Waals surface area contributed by atoms with E-state index in [4.69, 9.17) is 9.47 Å². The van der Waals surface area contributed by atoms with Gasteiger partial charge < -0.3 is 9.47 Å². The maximum absolute atomic E-state index is 12.5. The number of ether oxygens (including phenoxy) is 2. The molecule has 4 nitrogen and oxygen atoms in total. The summed E-state index contributed by atoms with van der Waals surface area (Å²) in [7, 11) is 0. The lowest BCUT2D eigenvalue weighted by atomic mass is 9.99. The van der Waals surface area contributed by atoms with Gasteiger partial charge in [0.25, 0.3) is 0 Å². The number of esters is 2. The molecule has 0 amide bonds. The van der Waals surface area contributed by atoms with E-state index in [0.29, 0.717) is 5.56 Å². The fraction of sp³-hybridized carbons (Fsp3) is 0.364. The molecule has 0 saturated heterocycles. The molecule has 134 valence electrons. The van der Waals surface area contributed by atoms with Crippen molar-refractivity contribution in [3.8, 4) is 0 Å². The third kappa shape index (κ3) is 2.90. The number of hydrogen-bond donors (Lipinski definition) is 0. The van der Waals surface area contributed by atoms with Crippen LogP contribution in [0.2, 0.25) is 0 Å². The van der Waals surface area contributed by atoms with Gasteiger partial charge in [0.05, 0.1) is 5.56 Å². The van der Waals surface area contributed by atoms with Gasteiger partial charge in [-0.25, -0.2) is 9.59 Å². The summed E-state index contributed by atoms with van der Waals surface area (Å²) in [5, 5.41) is 1.91. The van der Waals surface area contributed by atoms with Gasteiger partial charge in [-0.15, -0.1) is 0 Å². The Morgan fingerprint density at radius 1 is 1.04 bits per heavy atom. The lowest BCUT2D eigenvalue weighted by Gasteiger charge is -2.27. The van der Waals surface area contributed by atoms with Gasteiger partial charge in [-0.1, -0.05) is 43.3 Å². The van der Waals surface area contributed by atoms with Gasteiger partial charge in [0, 0.05) is 0 Å². The Morgan fingerprint density at radius 2 is 1.77 bits per heavy atom. The van der Waals surface area contributed by atoms with E-state index in [1.807, 2.05) is 43.3 Å². The minimum Gasteiger partial charge on any atom is -0.457 e. The first kappa shape index (κ1) is 16.8. The molecule has 0 spiro atoms. The molecule has 0 bridgehead atoms. The standard InChI is InChI=1S/C22H22O4/c1-2-22(12-3-4-13-22)26-19(23)14-25-21(24)18-11-10-16-9-8-15-6-5-7-17(18)20(15)16/h5-11H,2-4,12-14H2,1H3. The smallest absolute Gasteiger partial charge is 0.344 e. The molecule has 26 heavy (non-hydrogen) atoms. The Morgan fingerprint density at radius 3 is 2.50 bits per heavy atom. The summed E-state index contributed by atoms with van der Waals surface area (Å²) >= 11 is 0. The van der Waals surface area contributed by atoms with Crippen LogP contribution < -0.4 is 0 Å². The van der Waals surface area contributed by atoms with Crippen LogP contribution in [0.25, 0.3) is 22.9 Å². The minimum atomic E-state index is -0.491. The summed E-state index contributed by atoms with van der Waals surface area (Å²) in [6.45, 7) is 1.69. The monoisotopic (exact) mass is 350 g/mol. The zero-order chi connectivity index (χ0) is 18.1. The summed E-state index contributed by atoms with van der Waals surface area (Å²) in [4.78, 5) is 24.7. The van der Waals surface area contributed by atoms with E-state index in [0.717, 1.165) is 54.0 Å². The zero-order valence-corrected chi connectivity index (χ0v) is 14.9. The summed E-state index contributed by atoms with van der Waals surface area (Å²) in [5.41, 5.74) is 2.31. The molecule has 0 aliphatic heterocycles. The van der Waals surface area contributed by atoms with Gasteiger partial charge in [0.2, 0.25) is 0 Å². The molecule has 2 aliphatic carbocycles. The molecule has 0 N–H and O–H groups in total. The van der Waals surface area contributed by atoms with Crippen molar-refractivity contribution in [3.05, 3.63) is 47.0 Å². The van der Waals surface area contributed by atoms with E-state index >= 15 is 0 Å². The Hall–Kier alpha value is -2.62. The number of carbonyl (C=O) groups excluding carboxylic acids is 2. The van der Waals surface area contributed by atoms with E-state index in [1.165, 1.54) is 0 Å². The molecule has 1 fully saturated rings.